The number of carboxylic acids is 1. The van der Waals surface area contributed by atoms with Gasteiger partial charge in [-0.2, -0.15) is 0 Å². The Morgan fingerprint density at radius 3 is 2.25 bits per heavy atom. The molecule has 16 heavy (non-hydrogen) atoms. The largest absolute Gasteiger partial charge is 0.481 e. The van der Waals surface area contributed by atoms with Crippen LogP contribution >= 0.6 is 0 Å². The molecule has 2 unspecified atom stereocenters. The lowest BCUT2D eigenvalue weighted by Crippen LogP contribution is -2.35. The van der Waals surface area contributed by atoms with Crippen LogP contribution in [0, 0.1) is 5.92 Å². The molecule has 3 N–H and O–H groups in total. The Hall–Kier alpha value is -1.10. The van der Waals surface area contributed by atoms with Crippen molar-refractivity contribution in [1.29, 1.82) is 0 Å². The summed E-state index contributed by atoms with van der Waals surface area (Å²) in [5, 5.41) is 7.42. The van der Waals surface area contributed by atoms with Gasteiger partial charge >= 0.3 is 5.97 Å². The summed E-state index contributed by atoms with van der Waals surface area (Å²) in [4.78, 5) is 20.2. The number of carbonyl (C=O) groups is 2. The number of aliphatic carboxylic acids is 1. The van der Waals surface area contributed by atoms with Gasteiger partial charge in [0.05, 0.1) is 13.0 Å². The highest BCUT2D eigenvalue weighted by molar-refractivity contribution is 5.73. The molecule has 0 amide bonds. The molecule has 1 fully saturated rings. The van der Waals surface area contributed by atoms with Crippen LogP contribution in [0.5, 0.6) is 0 Å². The van der Waals surface area contributed by atoms with Crippen LogP contribution in [0.25, 0.3) is 0 Å². The Bertz CT molecular complexity index is 226. The Morgan fingerprint density at radius 1 is 1.25 bits per heavy atom. The van der Waals surface area contributed by atoms with Crippen LogP contribution in [-0.4, -0.2) is 30.2 Å². The van der Waals surface area contributed by atoms with Crippen molar-refractivity contribution >= 4 is 11.9 Å². The molecule has 1 saturated carbocycles. The number of rotatable bonds is 1. The van der Waals surface area contributed by atoms with Gasteiger partial charge in [0.15, 0.2) is 0 Å². The number of ether oxygens (including phenoxy) is 1. The van der Waals surface area contributed by atoms with Crippen molar-refractivity contribution in [2.45, 2.75) is 45.1 Å². The molecule has 0 radical (unpaired) electrons. The Kier molecular flexibility index (Phi) is 7.54. The smallest absolute Gasteiger partial charge is 0.310 e. The van der Waals surface area contributed by atoms with E-state index in [1.54, 1.807) is 0 Å². The van der Waals surface area contributed by atoms with Gasteiger partial charge in [-0.3, -0.25) is 9.59 Å². The van der Waals surface area contributed by atoms with E-state index < -0.39 is 5.97 Å². The van der Waals surface area contributed by atoms with Gasteiger partial charge < -0.3 is 15.6 Å². The third-order valence-electron chi connectivity index (χ3n) is 2.57. The summed E-state index contributed by atoms with van der Waals surface area (Å²) in [6.45, 7) is 1.08. The number of carboxylic acid groups (broad SMARTS) is 1. The maximum Gasteiger partial charge on any atom is 0.310 e. The lowest BCUT2D eigenvalue weighted by molar-refractivity contribution is -0.146. The summed E-state index contributed by atoms with van der Waals surface area (Å²) in [5.41, 5.74) is 5.85. The van der Waals surface area contributed by atoms with Gasteiger partial charge in [0.25, 0.3) is 5.97 Å². The molecule has 0 aromatic rings. The topological polar surface area (TPSA) is 89.6 Å². The second-order valence-electron chi connectivity index (χ2n) is 3.95. The molecule has 0 heterocycles. The van der Waals surface area contributed by atoms with Gasteiger partial charge in [-0.1, -0.05) is 19.3 Å². The molecular weight excluding hydrogens is 210 g/mol. The first kappa shape index (κ1) is 14.9. The quantitative estimate of drug-likeness (QED) is 0.522. The fourth-order valence-corrected chi connectivity index (χ4v) is 1.78. The highest BCUT2D eigenvalue weighted by atomic mass is 16.5. The fourth-order valence-electron chi connectivity index (χ4n) is 1.78. The molecule has 0 aliphatic heterocycles. The maximum absolute atomic E-state index is 11.2. The highest BCUT2D eigenvalue weighted by Crippen LogP contribution is 2.22. The number of nitrogens with two attached hydrogens (primary N) is 1. The second kappa shape index (κ2) is 8.10. The summed E-state index contributed by atoms with van der Waals surface area (Å²) in [7, 11) is 1.43. The predicted molar refractivity (Wildman–Crippen MR) is 59.9 cm³/mol. The van der Waals surface area contributed by atoms with Gasteiger partial charge in [0.2, 0.25) is 0 Å². The minimum absolute atomic E-state index is 0.0138. The van der Waals surface area contributed by atoms with Crippen LogP contribution in [0.1, 0.15) is 39.0 Å². The van der Waals surface area contributed by atoms with E-state index in [4.69, 9.17) is 20.4 Å². The maximum atomic E-state index is 11.2. The fraction of sp³-hybridized carbons (Fsp3) is 0.818. The summed E-state index contributed by atoms with van der Waals surface area (Å²) in [5.74, 6) is -1.03. The highest BCUT2D eigenvalue weighted by Gasteiger charge is 2.27. The van der Waals surface area contributed by atoms with Crippen molar-refractivity contribution in [3.05, 3.63) is 0 Å². The molecule has 0 saturated heterocycles. The number of hydrogen-bond acceptors (Lipinski definition) is 4. The lowest BCUT2D eigenvalue weighted by Gasteiger charge is -2.17. The van der Waals surface area contributed by atoms with Crippen molar-refractivity contribution < 1.29 is 19.4 Å². The molecule has 2 atom stereocenters. The van der Waals surface area contributed by atoms with Crippen molar-refractivity contribution in [3.63, 3.8) is 0 Å². The van der Waals surface area contributed by atoms with E-state index >= 15 is 0 Å². The van der Waals surface area contributed by atoms with E-state index in [2.05, 4.69) is 0 Å². The van der Waals surface area contributed by atoms with Gasteiger partial charge in [-0.25, -0.2) is 0 Å². The molecule has 0 aromatic heterocycles. The van der Waals surface area contributed by atoms with Crippen molar-refractivity contribution in [1.82, 2.24) is 0 Å². The van der Waals surface area contributed by atoms with Gasteiger partial charge in [-0.15, -0.1) is 0 Å². The number of methoxy groups -OCH3 is 1. The number of esters is 1. The zero-order valence-electron chi connectivity index (χ0n) is 9.94. The van der Waals surface area contributed by atoms with Crippen molar-refractivity contribution in [3.8, 4) is 0 Å². The van der Waals surface area contributed by atoms with Crippen molar-refractivity contribution in [2.24, 2.45) is 11.7 Å². The van der Waals surface area contributed by atoms with Crippen LogP contribution in [0.4, 0.5) is 0 Å². The standard InChI is InChI=1S/C9H17NO2.C2H4O2/c1-12-9(11)7-5-3-2-4-6-8(7)10;1-2(3)4/h7-8H,2-6,10H2,1H3;1H3,(H,3,4). The first-order valence-corrected chi connectivity index (χ1v) is 5.52. The van der Waals surface area contributed by atoms with Crippen LogP contribution in [0.15, 0.2) is 0 Å². The molecule has 1 aliphatic rings. The van der Waals surface area contributed by atoms with Crippen LogP contribution in [-0.2, 0) is 14.3 Å². The van der Waals surface area contributed by atoms with Gasteiger partial charge in [-0.05, 0) is 12.8 Å². The average molecular weight is 231 g/mol. The normalized spacial score (nSPS) is 24.7. The molecular formula is C11H21NO4. The zero-order valence-corrected chi connectivity index (χ0v) is 9.94. The molecule has 1 rings (SSSR count). The third kappa shape index (κ3) is 6.40. The van der Waals surface area contributed by atoms with E-state index in [-0.39, 0.29) is 17.9 Å². The van der Waals surface area contributed by atoms with E-state index in [0.717, 1.165) is 32.6 Å². The molecule has 1 aliphatic carbocycles. The molecule has 0 bridgehead atoms. The average Bonchev–Trinajstić information content (AvgIpc) is 2.41. The van der Waals surface area contributed by atoms with E-state index in [9.17, 15) is 4.79 Å². The van der Waals surface area contributed by atoms with Crippen LogP contribution in [0.2, 0.25) is 0 Å². The van der Waals surface area contributed by atoms with Crippen LogP contribution < -0.4 is 5.73 Å². The summed E-state index contributed by atoms with van der Waals surface area (Å²) >= 11 is 0. The molecule has 0 spiro atoms. The van der Waals surface area contributed by atoms with E-state index in [1.807, 2.05) is 0 Å². The Balaban J connectivity index is 0.000000487. The summed E-state index contributed by atoms with van der Waals surface area (Å²) < 4.78 is 4.70. The van der Waals surface area contributed by atoms with E-state index in [1.165, 1.54) is 13.5 Å². The zero-order chi connectivity index (χ0) is 12.6. The number of hydrogen-bond donors (Lipinski definition) is 2. The van der Waals surface area contributed by atoms with Gasteiger partial charge in [0, 0.05) is 13.0 Å². The Morgan fingerprint density at radius 2 is 1.75 bits per heavy atom. The monoisotopic (exact) mass is 231 g/mol. The van der Waals surface area contributed by atoms with Crippen molar-refractivity contribution in [2.75, 3.05) is 7.11 Å². The molecule has 5 nitrogen and oxygen atoms in total. The molecule has 0 aromatic carbocycles. The number of carbonyl (C=O) groups excluding carboxylic acids is 1. The Labute approximate surface area is 96.0 Å². The van der Waals surface area contributed by atoms with E-state index in [0.29, 0.717) is 0 Å². The third-order valence-corrected chi connectivity index (χ3v) is 2.57. The lowest BCUT2D eigenvalue weighted by atomic mass is 9.96. The first-order chi connectivity index (χ1) is 7.49. The summed E-state index contributed by atoms with van der Waals surface area (Å²) in [6, 6.07) is 0.0138. The summed E-state index contributed by atoms with van der Waals surface area (Å²) in [6.07, 6.45) is 5.30. The van der Waals surface area contributed by atoms with Gasteiger partial charge in [0.1, 0.15) is 0 Å². The molecule has 94 valence electrons. The molecule has 5 heteroatoms. The minimum atomic E-state index is -0.833. The first-order valence-electron chi connectivity index (χ1n) is 5.52. The predicted octanol–water partition coefficient (Wildman–Crippen LogP) is 1.16. The van der Waals surface area contributed by atoms with Crippen LogP contribution in [0.3, 0.4) is 0 Å². The second-order valence-corrected chi connectivity index (χ2v) is 3.95. The SMILES string of the molecule is CC(=O)O.COC(=O)C1CCCCCC1N. The minimum Gasteiger partial charge on any atom is -0.481 e.